The van der Waals surface area contributed by atoms with Gasteiger partial charge in [0.25, 0.3) is 5.89 Å². The largest absolute Gasteiger partial charge is 0.484 e. The van der Waals surface area contributed by atoms with Gasteiger partial charge in [-0.2, -0.15) is 4.98 Å². The highest BCUT2D eigenvalue weighted by molar-refractivity contribution is 5.79. The SMILES string of the molecule is Cc1cccc(OCc2nc(-c3ccc4nnn(C)c4c3)no2)c1. The minimum Gasteiger partial charge on any atom is -0.484 e. The third-order valence-electron chi connectivity index (χ3n) is 3.69. The van der Waals surface area contributed by atoms with Crippen molar-refractivity contribution in [1.29, 1.82) is 0 Å². The molecule has 0 fully saturated rings. The van der Waals surface area contributed by atoms with Gasteiger partial charge in [-0.25, -0.2) is 4.68 Å². The third-order valence-corrected chi connectivity index (χ3v) is 3.69. The number of rotatable bonds is 4. The first-order chi connectivity index (χ1) is 11.7. The minimum atomic E-state index is 0.228. The second kappa shape index (κ2) is 5.77. The number of ether oxygens (including phenoxy) is 1. The smallest absolute Gasteiger partial charge is 0.264 e. The van der Waals surface area contributed by atoms with Gasteiger partial charge in [-0.1, -0.05) is 22.5 Å². The van der Waals surface area contributed by atoms with Crippen LogP contribution in [-0.4, -0.2) is 25.1 Å². The van der Waals surface area contributed by atoms with Crippen molar-refractivity contribution in [2.24, 2.45) is 7.05 Å². The monoisotopic (exact) mass is 321 g/mol. The molecule has 120 valence electrons. The van der Waals surface area contributed by atoms with Crippen LogP contribution in [0.4, 0.5) is 0 Å². The number of fused-ring (bicyclic) bond motifs is 1. The lowest BCUT2D eigenvalue weighted by Crippen LogP contribution is -1.96. The van der Waals surface area contributed by atoms with Crippen molar-refractivity contribution in [3.8, 4) is 17.1 Å². The van der Waals surface area contributed by atoms with Crippen molar-refractivity contribution in [1.82, 2.24) is 25.1 Å². The summed E-state index contributed by atoms with van der Waals surface area (Å²) in [6, 6.07) is 13.5. The number of aromatic nitrogens is 5. The van der Waals surface area contributed by atoms with Gasteiger partial charge in [-0.15, -0.1) is 5.10 Å². The van der Waals surface area contributed by atoms with E-state index in [1.165, 1.54) is 0 Å². The van der Waals surface area contributed by atoms with Crippen LogP contribution in [0.15, 0.2) is 47.0 Å². The molecule has 0 amide bonds. The first-order valence-electron chi connectivity index (χ1n) is 7.51. The highest BCUT2D eigenvalue weighted by Crippen LogP contribution is 2.21. The van der Waals surface area contributed by atoms with Crippen LogP contribution in [-0.2, 0) is 13.7 Å². The highest BCUT2D eigenvalue weighted by Gasteiger charge is 2.11. The summed E-state index contributed by atoms with van der Waals surface area (Å²) in [7, 11) is 1.84. The van der Waals surface area contributed by atoms with Crippen LogP contribution >= 0.6 is 0 Å². The first kappa shape index (κ1) is 14.4. The topological polar surface area (TPSA) is 78.9 Å². The van der Waals surface area contributed by atoms with Crippen molar-refractivity contribution in [2.75, 3.05) is 0 Å². The van der Waals surface area contributed by atoms with Gasteiger partial charge in [0.15, 0.2) is 6.61 Å². The van der Waals surface area contributed by atoms with Crippen LogP contribution in [0.5, 0.6) is 5.75 Å². The van der Waals surface area contributed by atoms with Crippen molar-refractivity contribution in [2.45, 2.75) is 13.5 Å². The predicted molar refractivity (Wildman–Crippen MR) is 87.3 cm³/mol. The Bertz CT molecular complexity index is 1010. The average Bonchev–Trinajstić information content (AvgIpc) is 3.20. The second-order valence-electron chi connectivity index (χ2n) is 5.53. The average molecular weight is 321 g/mol. The Morgan fingerprint density at radius 3 is 2.96 bits per heavy atom. The van der Waals surface area contributed by atoms with Gasteiger partial charge in [0.2, 0.25) is 5.82 Å². The molecule has 0 atom stereocenters. The summed E-state index contributed by atoms with van der Waals surface area (Å²) in [5, 5.41) is 12.1. The normalized spacial score (nSPS) is 11.1. The number of hydrogen-bond donors (Lipinski definition) is 0. The minimum absolute atomic E-state index is 0.228. The van der Waals surface area contributed by atoms with Crippen LogP contribution in [0.25, 0.3) is 22.4 Å². The van der Waals surface area contributed by atoms with Crippen LogP contribution in [0.2, 0.25) is 0 Å². The molecular formula is C17H15N5O2. The van der Waals surface area contributed by atoms with Gasteiger partial charge in [-0.3, -0.25) is 0 Å². The number of hydrogen-bond acceptors (Lipinski definition) is 6. The molecule has 2 aromatic heterocycles. The van der Waals surface area contributed by atoms with E-state index in [4.69, 9.17) is 9.26 Å². The Morgan fingerprint density at radius 2 is 2.08 bits per heavy atom. The fourth-order valence-electron chi connectivity index (χ4n) is 2.45. The molecule has 2 heterocycles. The Labute approximate surface area is 137 Å². The quantitative estimate of drug-likeness (QED) is 0.575. The lowest BCUT2D eigenvalue weighted by Gasteiger charge is -2.03. The van der Waals surface area contributed by atoms with Gasteiger partial charge in [0, 0.05) is 12.6 Å². The first-order valence-corrected chi connectivity index (χ1v) is 7.51. The number of nitrogens with zero attached hydrogens (tertiary/aromatic N) is 5. The van der Waals surface area contributed by atoms with Crippen LogP contribution in [0, 0.1) is 6.92 Å². The van der Waals surface area contributed by atoms with Crippen molar-refractivity contribution in [3.05, 3.63) is 53.9 Å². The lowest BCUT2D eigenvalue weighted by atomic mass is 10.2. The summed E-state index contributed by atoms with van der Waals surface area (Å²) in [6.45, 7) is 2.24. The second-order valence-corrected chi connectivity index (χ2v) is 5.53. The number of benzene rings is 2. The molecule has 4 aromatic rings. The van der Waals surface area contributed by atoms with E-state index in [1.54, 1.807) is 4.68 Å². The zero-order valence-corrected chi connectivity index (χ0v) is 13.3. The van der Waals surface area contributed by atoms with Crippen LogP contribution in [0.3, 0.4) is 0 Å². The summed E-state index contributed by atoms with van der Waals surface area (Å²) < 4.78 is 12.7. The molecule has 0 radical (unpaired) electrons. The molecule has 2 aromatic carbocycles. The fourth-order valence-corrected chi connectivity index (χ4v) is 2.45. The summed E-state index contributed by atoms with van der Waals surface area (Å²) in [6.07, 6.45) is 0. The summed E-state index contributed by atoms with van der Waals surface area (Å²) in [5.41, 5.74) is 3.72. The van der Waals surface area contributed by atoms with Gasteiger partial charge in [0.05, 0.1) is 5.52 Å². The molecule has 0 unspecified atom stereocenters. The summed E-state index contributed by atoms with van der Waals surface area (Å²) >= 11 is 0. The van der Waals surface area contributed by atoms with E-state index in [1.807, 2.05) is 56.4 Å². The van der Waals surface area contributed by atoms with E-state index in [0.717, 1.165) is 27.9 Å². The summed E-state index contributed by atoms with van der Waals surface area (Å²) in [4.78, 5) is 4.39. The highest BCUT2D eigenvalue weighted by atomic mass is 16.5. The summed E-state index contributed by atoms with van der Waals surface area (Å²) in [5.74, 6) is 1.72. The molecule has 0 saturated carbocycles. The molecule has 0 aliphatic rings. The molecule has 0 N–H and O–H groups in total. The van der Waals surface area contributed by atoms with Gasteiger partial charge in [0.1, 0.15) is 11.3 Å². The molecule has 0 aliphatic heterocycles. The zero-order chi connectivity index (χ0) is 16.5. The maximum absolute atomic E-state index is 5.68. The Hall–Kier alpha value is -3.22. The standard InChI is InChI=1S/C17H15N5O2/c1-11-4-3-5-13(8-11)23-10-16-18-17(20-24-16)12-6-7-14-15(9-12)22(2)21-19-14/h3-9H,10H2,1-2H3. The van der Waals surface area contributed by atoms with Gasteiger partial charge >= 0.3 is 0 Å². The predicted octanol–water partition coefficient (Wildman–Crippen LogP) is 2.91. The van der Waals surface area contributed by atoms with E-state index in [2.05, 4.69) is 20.5 Å². The molecule has 7 heteroatoms. The Balaban J connectivity index is 1.54. The fraction of sp³-hybridized carbons (Fsp3) is 0.176. The Kier molecular flexibility index (Phi) is 3.45. The maximum atomic E-state index is 5.68. The molecule has 0 aliphatic carbocycles. The van der Waals surface area contributed by atoms with E-state index in [9.17, 15) is 0 Å². The molecule has 24 heavy (non-hydrogen) atoms. The number of aryl methyl sites for hydroxylation is 2. The van der Waals surface area contributed by atoms with E-state index in [0.29, 0.717) is 11.7 Å². The van der Waals surface area contributed by atoms with Gasteiger partial charge < -0.3 is 9.26 Å². The molecule has 0 saturated heterocycles. The Morgan fingerprint density at radius 1 is 1.17 bits per heavy atom. The zero-order valence-electron chi connectivity index (χ0n) is 13.3. The van der Waals surface area contributed by atoms with Crippen molar-refractivity contribution >= 4 is 11.0 Å². The van der Waals surface area contributed by atoms with Crippen molar-refractivity contribution in [3.63, 3.8) is 0 Å². The maximum Gasteiger partial charge on any atom is 0.264 e. The molecule has 7 nitrogen and oxygen atoms in total. The van der Waals surface area contributed by atoms with Gasteiger partial charge in [-0.05, 0) is 42.8 Å². The molecule has 0 bridgehead atoms. The van der Waals surface area contributed by atoms with E-state index in [-0.39, 0.29) is 6.61 Å². The van der Waals surface area contributed by atoms with Crippen molar-refractivity contribution < 1.29 is 9.26 Å². The van der Waals surface area contributed by atoms with E-state index >= 15 is 0 Å². The molecule has 0 spiro atoms. The molecule has 4 rings (SSSR count). The molecular weight excluding hydrogens is 306 g/mol. The van der Waals surface area contributed by atoms with Crippen LogP contribution < -0.4 is 4.74 Å². The van der Waals surface area contributed by atoms with Crippen LogP contribution in [0.1, 0.15) is 11.5 Å². The lowest BCUT2D eigenvalue weighted by molar-refractivity contribution is 0.243. The third kappa shape index (κ3) is 2.71. The van der Waals surface area contributed by atoms with E-state index < -0.39 is 0 Å².